The number of halogens is 1. The maximum Gasteiger partial charge on any atom is 0.162 e. The van der Waals surface area contributed by atoms with Crippen molar-refractivity contribution in [3.63, 3.8) is 0 Å². The van der Waals surface area contributed by atoms with Crippen molar-refractivity contribution < 1.29 is 9.26 Å². The second kappa shape index (κ2) is 6.88. The van der Waals surface area contributed by atoms with Crippen LogP contribution in [0.4, 0.5) is 0 Å². The zero-order valence-electron chi connectivity index (χ0n) is 7.66. The molecule has 0 atom stereocenters. The van der Waals surface area contributed by atoms with E-state index in [1.54, 1.807) is 0 Å². The molecule has 1 aromatic rings. The van der Waals surface area contributed by atoms with Crippen molar-refractivity contribution in [3.05, 3.63) is 17.5 Å². The van der Waals surface area contributed by atoms with E-state index in [4.69, 9.17) is 15.0 Å². The number of hydrogen-bond acceptors (Lipinski definition) is 4. The van der Waals surface area contributed by atoms with Gasteiger partial charge >= 0.3 is 0 Å². The Hall–Kier alpha value is -0.580. The van der Waals surface area contributed by atoms with E-state index in [9.17, 15) is 0 Å². The molecule has 0 radical (unpaired) electrons. The predicted molar refractivity (Wildman–Crippen MR) is 51.8 cm³/mol. The van der Waals surface area contributed by atoms with Gasteiger partial charge in [-0.25, -0.2) is 0 Å². The Balaban J connectivity index is 0.00000144. The van der Waals surface area contributed by atoms with Crippen molar-refractivity contribution in [1.29, 1.82) is 0 Å². The quantitative estimate of drug-likeness (QED) is 0.734. The third kappa shape index (κ3) is 4.26. The van der Waals surface area contributed by atoms with Crippen LogP contribution in [0, 0.1) is 0 Å². The fourth-order valence-corrected chi connectivity index (χ4v) is 0.847. The van der Waals surface area contributed by atoms with E-state index in [0.717, 1.165) is 17.9 Å². The minimum absolute atomic E-state index is 0. The normalized spacial score (nSPS) is 9.69. The second-order valence-corrected chi connectivity index (χ2v) is 2.48. The molecule has 76 valence electrons. The molecule has 0 unspecified atom stereocenters. The number of aromatic nitrogens is 1. The third-order valence-electron chi connectivity index (χ3n) is 1.48. The van der Waals surface area contributed by atoms with E-state index in [-0.39, 0.29) is 12.4 Å². The summed E-state index contributed by atoms with van der Waals surface area (Å²) in [7, 11) is 0. The molecule has 0 bridgehead atoms. The third-order valence-corrected chi connectivity index (χ3v) is 1.48. The monoisotopic (exact) mass is 206 g/mol. The van der Waals surface area contributed by atoms with E-state index in [1.807, 2.05) is 13.0 Å². The molecule has 0 saturated heterocycles. The van der Waals surface area contributed by atoms with E-state index in [2.05, 4.69) is 5.16 Å². The highest BCUT2D eigenvalue weighted by Gasteiger charge is 2.01. The van der Waals surface area contributed by atoms with Crippen LogP contribution in [0.25, 0.3) is 0 Å². The maximum absolute atomic E-state index is 5.25. The molecule has 0 aliphatic carbocycles. The molecule has 0 fully saturated rings. The SMILES string of the molecule is CCc1cc(COCCN)on1.Cl. The van der Waals surface area contributed by atoms with Gasteiger partial charge in [-0.05, 0) is 6.42 Å². The number of nitrogens with two attached hydrogens (primary N) is 1. The molecule has 4 nitrogen and oxygen atoms in total. The smallest absolute Gasteiger partial charge is 0.162 e. The summed E-state index contributed by atoms with van der Waals surface area (Å²) in [4.78, 5) is 0. The molecule has 13 heavy (non-hydrogen) atoms. The van der Waals surface area contributed by atoms with Crippen molar-refractivity contribution in [3.8, 4) is 0 Å². The molecule has 1 heterocycles. The average molecular weight is 207 g/mol. The summed E-state index contributed by atoms with van der Waals surface area (Å²) in [5, 5.41) is 3.83. The molecule has 2 N–H and O–H groups in total. The first-order valence-electron chi connectivity index (χ1n) is 4.09. The van der Waals surface area contributed by atoms with Gasteiger partial charge in [0.05, 0.1) is 12.3 Å². The van der Waals surface area contributed by atoms with Gasteiger partial charge in [0.1, 0.15) is 6.61 Å². The van der Waals surface area contributed by atoms with Crippen molar-refractivity contribution in [2.24, 2.45) is 5.73 Å². The topological polar surface area (TPSA) is 61.3 Å². The van der Waals surface area contributed by atoms with Gasteiger partial charge in [-0.2, -0.15) is 0 Å². The van der Waals surface area contributed by atoms with Crippen LogP contribution in [0.1, 0.15) is 18.4 Å². The molecule has 0 saturated carbocycles. The summed E-state index contributed by atoms with van der Waals surface area (Å²) in [6.45, 7) is 3.59. The van der Waals surface area contributed by atoms with E-state index in [1.165, 1.54) is 0 Å². The fourth-order valence-electron chi connectivity index (χ4n) is 0.847. The van der Waals surface area contributed by atoms with E-state index < -0.39 is 0 Å². The van der Waals surface area contributed by atoms with Crippen molar-refractivity contribution in [2.75, 3.05) is 13.2 Å². The van der Waals surface area contributed by atoms with Crippen molar-refractivity contribution in [2.45, 2.75) is 20.0 Å². The lowest BCUT2D eigenvalue weighted by Gasteiger charge is -1.96. The summed E-state index contributed by atoms with van der Waals surface area (Å²) >= 11 is 0. The number of aryl methyl sites for hydroxylation is 1. The molecular weight excluding hydrogens is 192 g/mol. The van der Waals surface area contributed by atoms with Gasteiger partial charge in [0, 0.05) is 12.6 Å². The van der Waals surface area contributed by atoms with Crippen LogP contribution in [-0.4, -0.2) is 18.3 Å². The molecule has 0 aromatic carbocycles. The Morgan fingerprint density at radius 3 is 2.92 bits per heavy atom. The van der Waals surface area contributed by atoms with E-state index in [0.29, 0.717) is 19.8 Å². The first kappa shape index (κ1) is 12.4. The molecule has 0 spiro atoms. The van der Waals surface area contributed by atoms with Crippen LogP contribution in [0.3, 0.4) is 0 Å². The molecule has 5 heteroatoms. The second-order valence-electron chi connectivity index (χ2n) is 2.48. The summed E-state index contributed by atoms with van der Waals surface area (Å²) in [6, 6.07) is 1.90. The highest BCUT2D eigenvalue weighted by Crippen LogP contribution is 2.04. The summed E-state index contributed by atoms with van der Waals surface area (Å²) in [6.07, 6.45) is 0.889. The first-order chi connectivity index (χ1) is 5.86. The van der Waals surface area contributed by atoms with Crippen molar-refractivity contribution >= 4 is 12.4 Å². The lowest BCUT2D eigenvalue weighted by molar-refractivity contribution is 0.107. The zero-order valence-corrected chi connectivity index (χ0v) is 8.47. The van der Waals surface area contributed by atoms with E-state index >= 15 is 0 Å². The number of hydrogen-bond donors (Lipinski definition) is 1. The number of nitrogens with zero attached hydrogens (tertiary/aromatic N) is 1. The standard InChI is InChI=1S/C8H14N2O2.ClH/c1-2-7-5-8(12-10-7)6-11-4-3-9;/h5H,2-4,6,9H2,1H3;1H. The van der Waals surface area contributed by atoms with Crippen LogP contribution >= 0.6 is 12.4 Å². The molecule has 1 rings (SSSR count). The lowest BCUT2D eigenvalue weighted by Crippen LogP contribution is -2.07. The Bertz CT molecular complexity index is 228. The first-order valence-corrected chi connectivity index (χ1v) is 4.09. The summed E-state index contributed by atoms with van der Waals surface area (Å²) < 4.78 is 10.2. The van der Waals surface area contributed by atoms with Crippen LogP contribution in [0.2, 0.25) is 0 Å². The van der Waals surface area contributed by atoms with Crippen LogP contribution < -0.4 is 5.73 Å². The highest BCUT2D eigenvalue weighted by molar-refractivity contribution is 5.85. The fraction of sp³-hybridized carbons (Fsp3) is 0.625. The molecule has 0 aliphatic rings. The number of rotatable bonds is 5. The Morgan fingerprint density at radius 1 is 1.62 bits per heavy atom. The highest BCUT2D eigenvalue weighted by atomic mass is 35.5. The summed E-state index contributed by atoms with van der Waals surface area (Å²) in [5.74, 6) is 0.764. The van der Waals surface area contributed by atoms with Gasteiger partial charge in [-0.15, -0.1) is 12.4 Å². The zero-order chi connectivity index (χ0) is 8.81. The van der Waals surface area contributed by atoms with Gasteiger partial charge < -0.3 is 15.0 Å². The molecular formula is C8H15ClN2O2. The number of ether oxygens (including phenoxy) is 1. The van der Waals surface area contributed by atoms with Crippen LogP contribution in [-0.2, 0) is 17.8 Å². The molecule has 0 aliphatic heterocycles. The van der Waals surface area contributed by atoms with Crippen LogP contribution in [0.5, 0.6) is 0 Å². The largest absolute Gasteiger partial charge is 0.372 e. The Morgan fingerprint density at radius 2 is 2.38 bits per heavy atom. The minimum Gasteiger partial charge on any atom is -0.372 e. The van der Waals surface area contributed by atoms with Gasteiger partial charge in [0.15, 0.2) is 5.76 Å². The van der Waals surface area contributed by atoms with Crippen molar-refractivity contribution in [1.82, 2.24) is 5.16 Å². The van der Waals surface area contributed by atoms with Gasteiger partial charge in [0.25, 0.3) is 0 Å². The van der Waals surface area contributed by atoms with Gasteiger partial charge in [0.2, 0.25) is 0 Å². The molecule has 1 aromatic heterocycles. The van der Waals surface area contributed by atoms with Crippen LogP contribution in [0.15, 0.2) is 10.6 Å². The maximum atomic E-state index is 5.25. The van der Waals surface area contributed by atoms with Gasteiger partial charge in [-0.1, -0.05) is 12.1 Å². The lowest BCUT2D eigenvalue weighted by atomic mass is 10.3. The van der Waals surface area contributed by atoms with Gasteiger partial charge in [-0.3, -0.25) is 0 Å². The Labute approximate surface area is 83.8 Å². The summed E-state index contributed by atoms with van der Waals surface area (Å²) in [5.41, 5.74) is 6.21. The average Bonchev–Trinajstić information content (AvgIpc) is 2.53. The molecule has 0 amide bonds. The predicted octanol–water partition coefficient (Wildman–Crippen LogP) is 1.13. The minimum atomic E-state index is 0. The Kier molecular flexibility index (Phi) is 6.58.